The minimum Gasteiger partial charge on any atom is -0.477 e. The van der Waals surface area contributed by atoms with Crippen LogP contribution in [0, 0.1) is 12.8 Å². The fraction of sp³-hybridized carbons (Fsp3) is 0.643. The first-order valence-electron chi connectivity index (χ1n) is 6.38. The van der Waals surface area contributed by atoms with Crippen molar-refractivity contribution >= 4 is 17.3 Å². The molecule has 102 valence electrons. The number of carboxylic acids is 1. The molecule has 1 aromatic heterocycles. The highest BCUT2D eigenvalue weighted by Gasteiger charge is 2.16. The summed E-state index contributed by atoms with van der Waals surface area (Å²) in [6, 6.07) is 2.29. The lowest BCUT2D eigenvalue weighted by molar-refractivity contribution is 0.0702. The van der Waals surface area contributed by atoms with Crippen LogP contribution in [0.1, 0.15) is 47.8 Å². The largest absolute Gasteiger partial charge is 0.477 e. The Morgan fingerprint density at radius 1 is 1.39 bits per heavy atom. The predicted octanol–water partition coefficient (Wildman–Crippen LogP) is 3.62. The molecule has 0 unspecified atom stereocenters. The molecule has 0 aliphatic rings. The number of thiophene rings is 1. The van der Waals surface area contributed by atoms with Crippen LogP contribution in [0.3, 0.4) is 0 Å². The molecule has 0 aliphatic heterocycles. The molecule has 0 amide bonds. The summed E-state index contributed by atoms with van der Waals surface area (Å²) in [4.78, 5) is 14.9. The maximum Gasteiger partial charge on any atom is 0.345 e. The second-order valence-corrected chi connectivity index (χ2v) is 6.67. The fourth-order valence-corrected chi connectivity index (χ4v) is 2.80. The monoisotopic (exact) mass is 269 g/mol. The van der Waals surface area contributed by atoms with Crippen LogP contribution in [0.25, 0.3) is 0 Å². The molecule has 0 fully saturated rings. The Bertz CT molecular complexity index is 410. The van der Waals surface area contributed by atoms with Crippen LogP contribution in [0.15, 0.2) is 6.07 Å². The number of carboxylic acid groups (broad SMARTS) is 1. The molecule has 0 spiro atoms. The summed E-state index contributed by atoms with van der Waals surface area (Å²) in [5.41, 5.74) is 1.15. The van der Waals surface area contributed by atoms with Gasteiger partial charge in [0.2, 0.25) is 0 Å². The Hall–Kier alpha value is -0.870. The van der Waals surface area contributed by atoms with Gasteiger partial charge in [0, 0.05) is 24.0 Å². The molecule has 3 nitrogen and oxygen atoms in total. The maximum atomic E-state index is 11.0. The first-order chi connectivity index (χ1) is 8.31. The van der Waals surface area contributed by atoms with Gasteiger partial charge in [0.05, 0.1) is 0 Å². The van der Waals surface area contributed by atoms with Crippen molar-refractivity contribution in [2.75, 3.05) is 6.54 Å². The number of hydrogen-bond donors (Lipinski definition) is 1. The van der Waals surface area contributed by atoms with Gasteiger partial charge in [-0.3, -0.25) is 4.90 Å². The zero-order valence-electron chi connectivity index (χ0n) is 11.9. The van der Waals surface area contributed by atoms with Gasteiger partial charge in [-0.25, -0.2) is 4.79 Å². The summed E-state index contributed by atoms with van der Waals surface area (Å²) >= 11 is 1.37. The summed E-state index contributed by atoms with van der Waals surface area (Å²) in [6.07, 6.45) is 0. The summed E-state index contributed by atoms with van der Waals surface area (Å²) in [5.74, 6) is -0.209. The zero-order chi connectivity index (χ0) is 13.9. The second kappa shape index (κ2) is 6.34. The van der Waals surface area contributed by atoms with E-state index in [9.17, 15) is 4.79 Å². The van der Waals surface area contributed by atoms with E-state index in [0.29, 0.717) is 16.8 Å². The van der Waals surface area contributed by atoms with Crippen molar-refractivity contribution in [1.82, 2.24) is 4.90 Å². The molecule has 1 N–H and O–H groups in total. The van der Waals surface area contributed by atoms with E-state index >= 15 is 0 Å². The smallest absolute Gasteiger partial charge is 0.345 e. The molecule has 0 atom stereocenters. The van der Waals surface area contributed by atoms with Crippen LogP contribution < -0.4 is 0 Å². The van der Waals surface area contributed by atoms with E-state index in [-0.39, 0.29) is 0 Å². The van der Waals surface area contributed by atoms with Gasteiger partial charge in [-0.15, -0.1) is 11.3 Å². The summed E-state index contributed by atoms with van der Waals surface area (Å²) < 4.78 is 0. The third-order valence-electron chi connectivity index (χ3n) is 2.93. The molecule has 1 aromatic rings. The molecule has 1 rings (SSSR count). The zero-order valence-corrected chi connectivity index (χ0v) is 12.7. The minimum absolute atomic E-state index is 0.441. The lowest BCUT2D eigenvalue weighted by Gasteiger charge is -2.28. The van der Waals surface area contributed by atoms with Gasteiger partial charge in [-0.2, -0.15) is 0 Å². The molecule has 18 heavy (non-hydrogen) atoms. The Balaban J connectivity index is 2.83. The van der Waals surface area contributed by atoms with Gasteiger partial charge in [-0.05, 0) is 38.3 Å². The number of aryl methyl sites for hydroxylation is 1. The molecule has 0 saturated carbocycles. The highest BCUT2D eigenvalue weighted by atomic mass is 32.1. The van der Waals surface area contributed by atoms with Crippen molar-refractivity contribution in [3.05, 3.63) is 21.4 Å². The standard InChI is InChI=1S/C14H23NO2S/c1-9(2)7-15(10(3)4)8-12-6-13(14(16)17)18-11(12)5/h6,9-10H,7-8H2,1-5H3,(H,16,17). The van der Waals surface area contributed by atoms with Gasteiger partial charge < -0.3 is 5.11 Å². The van der Waals surface area contributed by atoms with E-state index in [4.69, 9.17) is 5.11 Å². The Morgan fingerprint density at radius 3 is 2.39 bits per heavy atom. The minimum atomic E-state index is -0.825. The number of hydrogen-bond acceptors (Lipinski definition) is 3. The van der Waals surface area contributed by atoms with Crippen LogP contribution in [0.4, 0.5) is 0 Å². The van der Waals surface area contributed by atoms with Crippen LogP contribution in [-0.2, 0) is 6.54 Å². The van der Waals surface area contributed by atoms with E-state index in [1.54, 1.807) is 0 Å². The lowest BCUT2D eigenvalue weighted by atomic mass is 10.1. The average molecular weight is 269 g/mol. The summed E-state index contributed by atoms with van der Waals surface area (Å²) in [6.45, 7) is 12.7. The Labute approximate surface area is 113 Å². The van der Waals surface area contributed by atoms with Gasteiger partial charge >= 0.3 is 5.97 Å². The number of nitrogens with zero attached hydrogens (tertiary/aromatic N) is 1. The number of rotatable bonds is 6. The van der Waals surface area contributed by atoms with Crippen molar-refractivity contribution in [3.63, 3.8) is 0 Å². The van der Waals surface area contributed by atoms with E-state index in [1.165, 1.54) is 11.3 Å². The average Bonchev–Trinajstić information content (AvgIpc) is 2.58. The first kappa shape index (κ1) is 15.2. The predicted molar refractivity (Wildman–Crippen MR) is 76.4 cm³/mol. The normalized spacial score (nSPS) is 11.8. The summed E-state index contributed by atoms with van der Waals surface area (Å²) in [5, 5.41) is 9.01. The van der Waals surface area contributed by atoms with Crippen molar-refractivity contribution in [2.45, 2.75) is 47.2 Å². The van der Waals surface area contributed by atoms with E-state index in [1.807, 2.05) is 13.0 Å². The molecular formula is C14H23NO2S. The molecule has 4 heteroatoms. The van der Waals surface area contributed by atoms with Crippen LogP contribution in [0.2, 0.25) is 0 Å². The van der Waals surface area contributed by atoms with Crippen LogP contribution >= 0.6 is 11.3 Å². The van der Waals surface area contributed by atoms with Gasteiger partial charge in [0.15, 0.2) is 0 Å². The Kier molecular flexibility index (Phi) is 5.35. The van der Waals surface area contributed by atoms with Crippen molar-refractivity contribution < 1.29 is 9.90 Å². The Morgan fingerprint density at radius 2 is 2.00 bits per heavy atom. The topological polar surface area (TPSA) is 40.5 Å². The number of aromatic carboxylic acids is 1. The van der Waals surface area contributed by atoms with Gasteiger partial charge in [-0.1, -0.05) is 13.8 Å². The van der Waals surface area contributed by atoms with Crippen molar-refractivity contribution in [2.24, 2.45) is 5.92 Å². The molecule has 0 aliphatic carbocycles. The molecule has 0 radical (unpaired) electrons. The molecule has 0 bridgehead atoms. The first-order valence-corrected chi connectivity index (χ1v) is 7.19. The number of carbonyl (C=O) groups is 1. The van der Waals surface area contributed by atoms with Crippen LogP contribution in [-0.4, -0.2) is 28.6 Å². The highest BCUT2D eigenvalue weighted by molar-refractivity contribution is 7.14. The van der Waals surface area contributed by atoms with Crippen molar-refractivity contribution in [1.29, 1.82) is 0 Å². The summed E-state index contributed by atoms with van der Waals surface area (Å²) in [7, 11) is 0. The molecule has 0 aromatic carbocycles. The van der Waals surface area contributed by atoms with Gasteiger partial charge in [0.25, 0.3) is 0 Å². The third-order valence-corrected chi connectivity index (χ3v) is 4.02. The second-order valence-electron chi connectivity index (χ2n) is 5.41. The SMILES string of the molecule is Cc1sc(C(=O)O)cc1CN(CC(C)C)C(C)C. The maximum absolute atomic E-state index is 11.0. The quantitative estimate of drug-likeness (QED) is 0.857. The highest BCUT2D eigenvalue weighted by Crippen LogP contribution is 2.24. The third kappa shape index (κ3) is 4.10. The van der Waals surface area contributed by atoms with Crippen LogP contribution in [0.5, 0.6) is 0 Å². The lowest BCUT2D eigenvalue weighted by Crippen LogP contribution is -2.33. The van der Waals surface area contributed by atoms with E-state index < -0.39 is 5.97 Å². The van der Waals surface area contributed by atoms with E-state index in [2.05, 4.69) is 32.6 Å². The van der Waals surface area contributed by atoms with Crippen molar-refractivity contribution in [3.8, 4) is 0 Å². The fourth-order valence-electron chi connectivity index (χ4n) is 1.93. The molecule has 0 saturated heterocycles. The molecular weight excluding hydrogens is 246 g/mol. The molecule has 1 heterocycles. The van der Waals surface area contributed by atoms with E-state index in [0.717, 1.165) is 23.5 Å². The van der Waals surface area contributed by atoms with Gasteiger partial charge in [0.1, 0.15) is 4.88 Å².